The lowest BCUT2D eigenvalue weighted by Gasteiger charge is -2.08. The Labute approximate surface area is 80.0 Å². The third kappa shape index (κ3) is 2.44. The van der Waals surface area contributed by atoms with Crippen LogP contribution in [0.2, 0.25) is 0 Å². The van der Waals surface area contributed by atoms with Gasteiger partial charge in [-0.1, -0.05) is 13.8 Å². The first-order valence-electron chi connectivity index (χ1n) is 4.92. The third-order valence-corrected chi connectivity index (χ3v) is 2.05. The van der Waals surface area contributed by atoms with Gasteiger partial charge >= 0.3 is 0 Å². The van der Waals surface area contributed by atoms with Crippen molar-refractivity contribution in [1.29, 1.82) is 0 Å². The minimum absolute atomic E-state index is 0.708. The maximum absolute atomic E-state index is 5.46. The highest BCUT2D eigenvalue weighted by molar-refractivity contribution is 5.32. The van der Waals surface area contributed by atoms with E-state index in [9.17, 15) is 0 Å². The van der Waals surface area contributed by atoms with Gasteiger partial charge in [0.1, 0.15) is 5.75 Å². The van der Waals surface area contributed by atoms with E-state index in [0.29, 0.717) is 6.61 Å². The number of aromatic nitrogens is 1. The van der Waals surface area contributed by atoms with Gasteiger partial charge < -0.3 is 4.74 Å². The van der Waals surface area contributed by atoms with E-state index in [1.54, 1.807) is 0 Å². The molecule has 72 valence electrons. The average molecular weight is 179 g/mol. The first kappa shape index (κ1) is 10.0. The second-order valence-electron chi connectivity index (χ2n) is 2.92. The molecule has 0 aromatic carbocycles. The van der Waals surface area contributed by atoms with Crippen molar-refractivity contribution in [2.24, 2.45) is 0 Å². The van der Waals surface area contributed by atoms with Gasteiger partial charge in [-0.2, -0.15) is 0 Å². The molecular weight excluding hydrogens is 162 g/mol. The van der Waals surface area contributed by atoms with E-state index in [4.69, 9.17) is 4.74 Å². The zero-order valence-corrected chi connectivity index (χ0v) is 8.63. The number of pyridine rings is 1. The van der Waals surface area contributed by atoms with Crippen molar-refractivity contribution in [3.8, 4) is 5.75 Å². The van der Waals surface area contributed by atoms with E-state index >= 15 is 0 Å². The predicted octanol–water partition coefficient (Wildman–Crippen LogP) is 2.61. The largest absolute Gasteiger partial charge is 0.492 e. The van der Waals surface area contributed by atoms with Gasteiger partial charge in [0.15, 0.2) is 0 Å². The molecule has 0 unspecified atom stereocenters. The lowest BCUT2D eigenvalue weighted by Crippen LogP contribution is -1.98. The number of nitrogens with zero attached hydrogens (tertiary/aromatic N) is 1. The lowest BCUT2D eigenvalue weighted by molar-refractivity contribution is 0.335. The fourth-order valence-corrected chi connectivity index (χ4v) is 1.29. The van der Waals surface area contributed by atoms with E-state index < -0.39 is 0 Å². The Morgan fingerprint density at radius 2 is 2.00 bits per heavy atom. The van der Waals surface area contributed by atoms with Crippen molar-refractivity contribution in [2.45, 2.75) is 33.6 Å². The number of hydrogen-bond acceptors (Lipinski definition) is 2. The van der Waals surface area contributed by atoms with E-state index in [1.165, 1.54) is 5.56 Å². The predicted molar refractivity (Wildman–Crippen MR) is 54.2 cm³/mol. The average Bonchev–Trinajstić information content (AvgIpc) is 2.19. The van der Waals surface area contributed by atoms with Crippen LogP contribution in [0.4, 0.5) is 0 Å². The zero-order valence-electron chi connectivity index (χ0n) is 8.63. The SMILES string of the molecule is CCOc1cnc(CC)cc1CC. The van der Waals surface area contributed by atoms with Gasteiger partial charge in [-0.25, -0.2) is 0 Å². The van der Waals surface area contributed by atoms with Gasteiger partial charge in [0, 0.05) is 5.69 Å². The number of hydrogen-bond donors (Lipinski definition) is 0. The molecule has 1 heterocycles. The van der Waals surface area contributed by atoms with Crippen LogP contribution in [0.25, 0.3) is 0 Å². The summed E-state index contributed by atoms with van der Waals surface area (Å²) in [6, 6.07) is 2.13. The summed E-state index contributed by atoms with van der Waals surface area (Å²) in [5, 5.41) is 0. The molecule has 13 heavy (non-hydrogen) atoms. The molecule has 0 N–H and O–H groups in total. The third-order valence-electron chi connectivity index (χ3n) is 2.05. The standard InChI is InChI=1S/C11H17NO/c1-4-9-7-10(5-2)12-8-11(9)13-6-3/h7-8H,4-6H2,1-3H3. The van der Waals surface area contributed by atoms with Gasteiger partial charge in [0.2, 0.25) is 0 Å². The van der Waals surface area contributed by atoms with Crippen molar-refractivity contribution >= 4 is 0 Å². The van der Waals surface area contributed by atoms with Crippen molar-refractivity contribution in [3.63, 3.8) is 0 Å². The van der Waals surface area contributed by atoms with E-state index in [1.807, 2.05) is 13.1 Å². The van der Waals surface area contributed by atoms with Crippen LogP contribution in [-0.4, -0.2) is 11.6 Å². The molecule has 0 spiro atoms. The molecule has 0 saturated carbocycles. The molecule has 0 amide bonds. The number of ether oxygens (including phenoxy) is 1. The smallest absolute Gasteiger partial charge is 0.140 e. The van der Waals surface area contributed by atoms with Crippen molar-refractivity contribution in [1.82, 2.24) is 4.98 Å². The second kappa shape index (κ2) is 4.85. The van der Waals surface area contributed by atoms with Crippen LogP contribution >= 0.6 is 0 Å². The summed E-state index contributed by atoms with van der Waals surface area (Å²) in [5.41, 5.74) is 2.40. The van der Waals surface area contributed by atoms with Crippen LogP contribution in [0.5, 0.6) is 5.75 Å². The molecule has 0 atom stereocenters. The summed E-state index contributed by atoms with van der Waals surface area (Å²) in [4.78, 5) is 4.30. The van der Waals surface area contributed by atoms with Gasteiger partial charge in [0.05, 0.1) is 12.8 Å². The molecule has 1 rings (SSSR count). The summed E-state index contributed by atoms with van der Waals surface area (Å²) >= 11 is 0. The summed E-state index contributed by atoms with van der Waals surface area (Å²) in [6.07, 6.45) is 3.82. The Hall–Kier alpha value is -1.05. The van der Waals surface area contributed by atoms with Crippen LogP contribution in [0.15, 0.2) is 12.3 Å². The lowest BCUT2D eigenvalue weighted by atomic mass is 10.1. The van der Waals surface area contributed by atoms with Gasteiger partial charge in [-0.3, -0.25) is 4.98 Å². The fourth-order valence-electron chi connectivity index (χ4n) is 1.29. The Kier molecular flexibility index (Phi) is 3.74. The molecule has 1 aromatic heterocycles. The van der Waals surface area contributed by atoms with Gasteiger partial charge in [-0.05, 0) is 31.4 Å². The van der Waals surface area contributed by atoms with Crippen molar-refractivity contribution in [3.05, 3.63) is 23.5 Å². The first-order chi connectivity index (χ1) is 6.31. The van der Waals surface area contributed by atoms with Crippen LogP contribution in [0, 0.1) is 0 Å². The summed E-state index contributed by atoms with van der Waals surface area (Å²) in [6.45, 7) is 6.95. The van der Waals surface area contributed by atoms with Crippen molar-refractivity contribution in [2.75, 3.05) is 6.61 Å². The van der Waals surface area contributed by atoms with Gasteiger partial charge in [-0.15, -0.1) is 0 Å². The van der Waals surface area contributed by atoms with Crippen LogP contribution < -0.4 is 4.74 Å². The Balaban J connectivity index is 2.93. The highest BCUT2D eigenvalue weighted by Crippen LogP contribution is 2.18. The van der Waals surface area contributed by atoms with Crippen molar-refractivity contribution < 1.29 is 4.74 Å². The molecule has 0 aliphatic carbocycles. The fraction of sp³-hybridized carbons (Fsp3) is 0.545. The molecule has 2 nitrogen and oxygen atoms in total. The highest BCUT2D eigenvalue weighted by Gasteiger charge is 2.02. The van der Waals surface area contributed by atoms with Gasteiger partial charge in [0.25, 0.3) is 0 Å². The molecule has 1 aromatic rings. The van der Waals surface area contributed by atoms with E-state index in [2.05, 4.69) is 24.9 Å². The van der Waals surface area contributed by atoms with Crippen LogP contribution in [0.3, 0.4) is 0 Å². The summed E-state index contributed by atoms with van der Waals surface area (Å²) in [5.74, 6) is 0.933. The minimum Gasteiger partial charge on any atom is -0.492 e. The molecule has 0 aliphatic heterocycles. The Morgan fingerprint density at radius 1 is 1.23 bits per heavy atom. The minimum atomic E-state index is 0.708. The quantitative estimate of drug-likeness (QED) is 0.708. The number of rotatable bonds is 4. The zero-order chi connectivity index (χ0) is 9.68. The Morgan fingerprint density at radius 3 is 2.54 bits per heavy atom. The summed E-state index contributed by atoms with van der Waals surface area (Å²) in [7, 11) is 0. The molecule has 0 fully saturated rings. The second-order valence-corrected chi connectivity index (χ2v) is 2.92. The summed E-state index contributed by atoms with van der Waals surface area (Å²) < 4.78 is 5.46. The normalized spacial score (nSPS) is 10.1. The van der Waals surface area contributed by atoms with E-state index in [-0.39, 0.29) is 0 Å². The molecule has 0 aliphatic rings. The molecule has 0 saturated heterocycles. The number of aryl methyl sites for hydroxylation is 2. The monoisotopic (exact) mass is 179 g/mol. The molecular formula is C11H17NO. The van der Waals surface area contributed by atoms with Crippen LogP contribution in [-0.2, 0) is 12.8 Å². The first-order valence-corrected chi connectivity index (χ1v) is 4.92. The maximum atomic E-state index is 5.46. The highest BCUT2D eigenvalue weighted by atomic mass is 16.5. The molecule has 0 radical (unpaired) electrons. The maximum Gasteiger partial charge on any atom is 0.140 e. The van der Waals surface area contributed by atoms with E-state index in [0.717, 1.165) is 24.3 Å². The van der Waals surface area contributed by atoms with Crippen LogP contribution in [0.1, 0.15) is 32.0 Å². The topological polar surface area (TPSA) is 22.1 Å². The molecule has 0 bridgehead atoms. The molecule has 2 heteroatoms. The Bertz CT molecular complexity index is 271.